The van der Waals surface area contributed by atoms with Crippen molar-refractivity contribution in [3.63, 3.8) is 0 Å². The summed E-state index contributed by atoms with van der Waals surface area (Å²) in [4.78, 5) is 10.8. The molecule has 3 aromatic rings. The van der Waals surface area contributed by atoms with Crippen LogP contribution in [0.2, 0.25) is 0 Å². The molecule has 1 N–H and O–H groups in total. The second-order valence-corrected chi connectivity index (χ2v) is 5.65. The van der Waals surface area contributed by atoms with Gasteiger partial charge in [0.25, 0.3) is 0 Å². The Bertz CT molecular complexity index is 782. The molecule has 1 fully saturated rings. The van der Waals surface area contributed by atoms with E-state index in [0.717, 1.165) is 36.6 Å². The van der Waals surface area contributed by atoms with Crippen LogP contribution in [0.1, 0.15) is 36.4 Å². The Hall–Kier alpha value is -2.61. The molecule has 0 saturated carbocycles. The van der Waals surface area contributed by atoms with E-state index in [1.165, 1.54) is 0 Å². The van der Waals surface area contributed by atoms with Crippen molar-refractivity contribution in [1.82, 2.24) is 35.3 Å². The van der Waals surface area contributed by atoms with Crippen LogP contribution in [0.25, 0.3) is 11.5 Å². The van der Waals surface area contributed by atoms with Crippen molar-refractivity contribution >= 4 is 0 Å². The summed E-state index contributed by atoms with van der Waals surface area (Å²) in [6.07, 6.45) is 5.59. The fourth-order valence-electron chi connectivity index (χ4n) is 2.91. The number of likely N-dealkylation sites (tertiary alicyclic amines) is 1. The highest BCUT2D eigenvalue weighted by molar-refractivity contribution is 5.49. The average molecular weight is 311 g/mol. The number of hydrogen-bond acceptors (Lipinski definition) is 7. The van der Waals surface area contributed by atoms with E-state index in [-0.39, 0.29) is 6.04 Å². The number of aromatic amines is 1. The Morgan fingerprint density at radius 2 is 2.35 bits per heavy atom. The standard InChI is InChI=1S/C15H17N7O/c1-10-17-14(20-18-10)12-5-3-7-22(12)9-13-19-21-15(23-13)11-4-2-6-16-8-11/h2,4,6,8,12H,3,5,7,9H2,1H3,(H,17,18,20). The van der Waals surface area contributed by atoms with Gasteiger partial charge in [-0.25, -0.2) is 4.98 Å². The van der Waals surface area contributed by atoms with Gasteiger partial charge in [-0.3, -0.25) is 15.0 Å². The van der Waals surface area contributed by atoms with Crippen LogP contribution in [0.15, 0.2) is 28.9 Å². The number of nitrogens with one attached hydrogen (secondary N) is 1. The van der Waals surface area contributed by atoms with Gasteiger partial charge in [-0.1, -0.05) is 0 Å². The number of pyridine rings is 1. The Balaban J connectivity index is 1.50. The highest BCUT2D eigenvalue weighted by Crippen LogP contribution is 2.31. The van der Waals surface area contributed by atoms with Crippen LogP contribution in [0.4, 0.5) is 0 Å². The second kappa shape index (κ2) is 5.88. The van der Waals surface area contributed by atoms with Crippen LogP contribution in [-0.4, -0.2) is 41.8 Å². The van der Waals surface area contributed by atoms with Crippen molar-refractivity contribution in [2.45, 2.75) is 32.4 Å². The van der Waals surface area contributed by atoms with Gasteiger partial charge in [-0.05, 0) is 38.4 Å². The summed E-state index contributed by atoms with van der Waals surface area (Å²) >= 11 is 0. The SMILES string of the molecule is Cc1nc(C2CCCN2Cc2nnc(-c3cccnc3)o2)n[nH]1. The molecule has 0 amide bonds. The lowest BCUT2D eigenvalue weighted by Gasteiger charge is -2.19. The molecule has 1 aliphatic rings. The minimum Gasteiger partial charge on any atom is -0.419 e. The predicted octanol–water partition coefficient (Wildman–Crippen LogP) is 1.90. The molecule has 0 aromatic carbocycles. The fraction of sp³-hybridized carbons (Fsp3) is 0.400. The molecular weight excluding hydrogens is 294 g/mol. The van der Waals surface area contributed by atoms with Crippen molar-refractivity contribution < 1.29 is 4.42 Å². The molecule has 0 aliphatic carbocycles. The highest BCUT2D eigenvalue weighted by atomic mass is 16.4. The Labute approximate surface area is 133 Å². The second-order valence-electron chi connectivity index (χ2n) is 5.65. The summed E-state index contributed by atoms with van der Waals surface area (Å²) in [7, 11) is 0. The van der Waals surface area contributed by atoms with Gasteiger partial charge in [0.1, 0.15) is 5.82 Å². The van der Waals surface area contributed by atoms with E-state index in [2.05, 4.69) is 35.3 Å². The van der Waals surface area contributed by atoms with Gasteiger partial charge in [0.15, 0.2) is 5.82 Å². The van der Waals surface area contributed by atoms with Gasteiger partial charge in [0.2, 0.25) is 11.8 Å². The van der Waals surface area contributed by atoms with E-state index >= 15 is 0 Å². The zero-order chi connectivity index (χ0) is 15.6. The highest BCUT2D eigenvalue weighted by Gasteiger charge is 2.30. The average Bonchev–Trinajstić information content (AvgIpc) is 3.29. The van der Waals surface area contributed by atoms with Crippen molar-refractivity contribution in [3.05, 3.63) is 42.1 Å². The molecule has 0 spiro atoms. The number of H-pyrrole nitrogens is 1. The Kier molecular flexibility index (Phi) is 3.58. The van der Waals surface area contributed by atoms with E-state index in [1.54, 1.807) is 12.4 Å². The lowest BCUT2D eigenvalue weighted by molar-refractivity contribution is 0.217. The lowest BCUT2D eigenvalue weighted by atomic mass is 10.2. The molecule has 3 aromatic heterocycles. The lowest BCUT2D eigenvalue weighted by Crippen LogP contribution is -2.23. The monoisotopic (exact) mass is 311 g/mol. The molecule has 118 valence electrons. The molecule has 8 heteroatoms. The normalized spacial score (nSPS) is 18.6. The maximum absolute atomic E-state index is 5.77. The van der Waals surface area contributed by atoms with Crippen LogP contribution in [0, 0.1) is 6.92 Å². The zero-order valence-electron chi connectivity index (χ0n) is 12.8. The minimum absolute atomic E-state index is 0.202. The van der Waals surface area contributed by atoms with Crippen molar-refractivity contribution in [2.75, 3.05) is 6.54 Å². The topological polar surface area (TPSA) is 96.6 Å². The van der Waals surface area contributed by atoms with E-state index in [1.807, 2.05) is 19.1 Å². The molecule has 0 radical (unpaired) electrons. The predicted molar refractivity (Wildman–Crippen MR) is 81.0 cm³/mol. The van der Waals surface area contributed by atoms with E-state index in [0.29, 0.717) is 18.3 Å². The summed E-state index contributed by atoms with van der Waals surface area (Å²) in [5.74, 6) is 2.77. The smallest absolute Gasteiger partial charge is 0.249 e. The third kappa shape index (κ3) is 2.85. The molecule has 8 nitrogen and oxygen atoms in total. The molecular formula is C15H17N7O. The molecule has 1 atom stereocenters. The maximum Gasteiger partial charge on any atom is 0.249 e. The van der Waals surface area contributed by atoms with Gasteiger partial charge in [0.05, 0.1) is 18.2 Å². The number of aryl methyl sites for hydroxylation is 1. The van der Waals surface area contributed by atoms with Crippen LogP contribution in [0.3, 0.4) is 0 Å². The summed E-state index contributed by atoms with van der Waals surface area (Å²) in [6.45, 7) is 3.49. The van der Waals surface area contributed by atoms with Gasteiger partial charge in [-0.2, -0.15) is 5.10 Å². The number of hydrogen-bond donors (Lipinski definition) is 1. The Morgan fingerprint density at radius 3 is 3.13 bits per heavy atom. The summed E-state index contributed by atoms with van der Waals surface area (Å²) in [6, 6.07) is 3.95. The van der Waals surface area contributed by atoms with Crippen LogP contribution >= 0.6 is 0 Å². The number of rotatable bonds is 4. The molecule has 4 heterocycles. The molecule has 0 bridgehead atoms. The van der Waals surface area contributed by atoms with Crippen molar-refractivity contribution in [3.8, 4) is 11.5 Å². The van der Waals surface area contributed by atoms with E-state index in [9.17, 15) is 0 Å². The summed E-state index contributed by atoms with van der Waals surface area (Å²) < 4.78 is 5.77. The van der Waals surface area contributed by atoms with Gasteiger partial charge in [-0.15, -0.1) is 10.2 Å². The molecule has 23 heavy (non-hydrogen) atoms. The first-order valence-electron chi connectivity index (χ1n) is 7.65. The van der Waals surface area contributed by atoms with Crippen molar-refractivity contribution in [2.24, 2.45) is 0 Å². The van der Waals surface area contributed by atoms with Crippen LogP contribution in [0.5, 0.6) is 0 Å². The molecule has 1 saturated heterocycles. The van der Waals surface area contributed by atoms with Gasteiger partial charge < -0.3 is 4.42 Å². The van der Waals surface area contributed by atoms with E-state index in [4.69, 9.17) is 4.42 Å². The third-order valence-corrected chi connectivity index (χ3v) is 3.99. The quantitative estimate of drug-likeness (QED) is 0.786. The molecule has 1 unspecified atom stereocenters. The summed E-state index contributed by atoms with van der Waals surface area (Å²) in [5, 5.41) is 15.5. The van der Waals surface area contributed by atoms with Gasteiger partial charge >= 0.3 is 0 Å². The van der Waals surface area contributed by atoms with Crippen LogP contribution in [-0.2, 0) is 6.54 Å². The maximum atomic E-state index is 5.77. The molecule has 1 aliphatic heterocycles. The Morgan fingerprint density at radius 1 is 1.39 bits per heavy atom. The molecule has 4 rings (SSSR count). The fourth-order valence-corrected chi connectivity index (χ4v) is 2.91. The first kappa shape index (κ1) is 14.0. The summed E-state index contributed by atoms with van der Waals surface area (Å²) in [5.41, 5.74) is 0.828. The first-order valence-corrected chi connectivity index (χ1v) is 7.65. The minimum atomic E-state index is 0.202. The van der Waals surface area contributed by atoms with Crippen molar-refractivity contribution in [1.29, 1.82) is 0 Å². The third-order valence-electron chi connectivity index (χ3n) is 3.99. The largest absolute Gasteiger partial charge is 0.419 e. The van der Waals surface area contributed by atoms with Crippen LogP contribution < -0.4 is 0 Å². The number of aromatic nitrogens is 6. The first-order chi connectivity index (χ1) is 11.3. The zero-order valence-corrected chi connectivity index (χ0v) is 12.8. The van der Waals surface area contributed by atoms with E-state index < -0.39 is 0 Å². The number of nitrogens with zero attached hydrogens (tertiary/aromatic N) is 6. The van der Waals surface area contributed by atoms with Gasteiger partial charge in [0, 0.05) is 12.4 Å².